The van der Waals surface area contributed by atoms with Gasteiger partial charge in [0, 0.05) is 17.2 Å². The lowest BCUT2D eigenvalue weighted by Gasteiger charge is -2.13. The van der Waals surface area contributed by atoms with Crippen molar-refractivity contribution in [3.05, 3.63) is 71.8 Å². The highest BCUT2D eigenvalue weighted by Gasteiger charge is 2.30. The molecule has 0 atom stereocenters. The molecule has 2 aromatic rings. The van der Waals surface area contributed by atoms with Crippen LogP contribution in [0.25, 0.3) is 11.1 Å². The van der Waals surface area contributed by atoms with Gasteiger partial charge in [0.1, 0.15) is 0 Å². The van der Waals surface area contributed by atoms with E-state index < -0.39 is 0 Å². The largest absolute Gasteiger partial charge is 0.449 e. The van der Waals surface area contributed by atoms with E-state index in [1.807, 2.05) is 36.4 Å². The van der Waals surface area contributed by atoms with Crippen LogP contribution in [0.4, 0.5) is 0 Å². The number of rotatable bonds is 2. The molecule has 2 nitrogen and oxygen atoms in total. The van der Waals surface area contributed by atoms with Crippen molar-refractivity contribution in [2.45, 2.75) is 13.0 Å². The molecule has 0 amide bonds. The number of allylic oxidation sites excluding steroid dienone is 1. The van der Waals surface area contributed by atoms with Crippen molar-refractivity contribution >= 4 is 5.97 Å². The molecule has 1 aliphatic carbocycles. The standard InChI is InChI=1S/C17H14O2/c1-2-7-16(18)19-17-14-10-5-3-8-12(14)13-9-4-6-11-15(13)17/h2-11,17H,1H3/b7-2+. The molecule has 2 heteroatoms. The Labute approximate surface area is 112 Å². The number of carbonyl (C=O) groups is 1. The molecule has 0 saturated heterocycles. The van der Waals surface area contributed by atoms with Crippen molar-refractivity contribution in [1.29, 1.82) is 0 Å². The van der Waals surface area contributed by atoms with Gasteiger partial charge >= 0.3 is 5.97 Å². The Balaban J connectivity index is 2.07. The summed E-state index contributed by atoms with van der Waals surface area (Å²) in [7, 11) is 0. The lowest BCUT2D eigenvalue weighted by molar-refractivity contribution is -0.141. The molecule has 19 heavy (non-hydrogen) atoms. The third-order valence-electron chi connectivity index (χ3n) is 3.31. The van der Waals surface area contributed by atoms with E-state index in [2.05, 4.69) is 12.1 Å². The second kappa shape index (κ2) is 4.73. The second-order valence-corrected chi connectivity index (χ2v) is 4.49. The van der Waals surface area contributed by atoms with Gasteiger partial charge in [-0.25, -0.2) is 4.79 Å². The van der Waals surface area contributed by atoms with Crippen molar-refractivity contribution < 1.29 is 9.53 Å². The Morgan fingerprint density at radius 1 is 1.00 bits per heavy atom. The summed E-state index contributed by atoms with van der Waals surface area (Å²) in [6.07, 6.45) is 2.84. The number of ether oxygens (including phenoxy) is 1. The first-order valence-electron chi connectivity index (χ1n) is 6.33. The van der Waals surface area contributed by atoms with Gasteiger partial charge in [0.05, 0.1) is 0 Å². The first-order chi connectivity index (χ1) is 9.31. The molecule has 0 unspecified atom stereocenters. The van der Waals surface area contributed by atoms with Crippen LogP contribution in [0.3, 0.4) is 0 Å². The van der Waals surface area contributed by atoms with Crippen LogP contribution in [0, 0.1) is 0 Å². The maximum absolute atomic E-state index is 11.7. The second-order valence-electron chi connectivity index (χ2n) is 4.49. The van der Waals surface area contributed by atoms with E-state index in [4.69, 9.17) is 4.74 Å². The summed E-state index contributed by atoms with van der Waals surface area (Å²) in [5.74, 6) is -0.306. The molecule has 1 aliphatic rings. The smallest absolute Gasteiger partial charge is 0.331 e. The molecular weight excluding hydrogens is 236 g/mol. The predicted octanol–water partition coefficient (Wildman–Crippen LogP) is 3.88. The van der Waals surface area contributed by atoms with Gasteiger partial charge < -0.3 is 4.74 Å². The van der Waals surface area contributed by atoms with Gasteiger partial charge in [0.2, 0.25) is 0 Å². The van der Waals surface area contributed by atoms with Crippen LogP contribution in [0.1, 0.15) is 24.2 Å². The zero-order valence-electron chi connectivity index (χ0n) is 10.7. The van der Waals surface area contributed by atoms with Gasteiger partial charge in [-0.3, -0.25) is 0 Å². The zero-order chi connectivity index (χ0) is 13.2. The highest BCUT2D eigenvalue weighted by Crippen LogP contribution is 2.44. The van der Waals surface area contributed by atoms with Crippen LogP contribution in [-0.4, -0.2) is 5.97 Å². The number of carbonyl (C=O) groups excluding carboxylic acids is 1. The predicted molar refractivity (Wildman–Crippen MR) is 74.6 cm³/mol. The van der Waals surface area contributed by atoms with Gasteiger partial charge in [-0.2, -0.15) is 0 Å². The Bertz CT molecular complexity index is 610. The minimum Gasteiger partial charge on any atom is -0.449 e. The summed E-state index contributed by atoms with van der Waals surface area (Å²) in [6, 6.07) is 16.1. The SMILES string of the molecule is C/C=C/C(=O)OC1c2ccccc2-c2ccccc21. The van der Waals surface area contributed by atoms with Gasteiger partial charge in [0.25, 0.3) is 0 Å². The number of fused-ring (bicyclic) bond motifs is 3. The van der Waals surface area contributed by atoms with Crippen molar-refractivity contribution in [3.8, 4) is 11.1 Å². The molecule has 0 spiro atoms. The average molecular weight is 250 g/mol. The van der Waals surface area contributed by atoms with E-state index in [1.54, 1.807) is 13.0 Å². The minimum absolute atomic E-state index is 0.295. The van der Waals surface area contributed by atoms with Crippen LogP contribution < -0.4 is 0 Å². The van der Waals surface area contributed by atoms with E-state index in [0.29, 0.717) is 0 Å². The minimum atomic E-state index is -0.306. The van der Waals surface area contributed by atoms with Crippen molar-refractivity contribution in [1.82, 2.24) is 0 Å². The molecular formula is C17H14O2. The summed E-state index contributed by atoms with van der Waals surface area (Å²) in [5.41, 5.74) is 4.41. The van der Waals surface area contributed by atoms with E-state index in [-0.39, 0.29) is 12.1 Å². The quantitative estimate of drug-likeness (QED) is 0.597. The fraction of sp³-hybridized carbons (Fsp3) is 0.118. The molecule has 3 rings (SSSR count). The molecule has 94 valence electrons. The maximum Gasteiger partial charge on any atom is 0.331 e. The number of hydrogen-bond acceptors (Lipinski definition) is 2. The maximum atomic E-state index is 11.7. The van der Waals surface area contributed by atoms with Gasteiger partial charge in [-0.15, -0.1) is 0 Å². The summed E-state index contributed by atoms with van der Waals surface area (Å²) >= 11 is 0. The van der Waals surface area contributed by atoms with Crippen molar-refractivity contribution in [2.24, 2.45) is 0 Å². The molecule has 0 radical (unpaired) electrons. The molecule has 2 aromatic carbocycles. The van der Waals surface area contributed by atoms with Gasteiger partial charge in [-0.05, 0) is 18.1 Å². The molecule has 0 heterocycles. The molecule has 0 saturated carbocycles. The number of benzene rings is 2. The monoisotopic (exact) mass is 250 g/mol. The van der Waals surface area contributed by atoms with Gasteiger partial charge in [-0.1, -0.05) is 54.6 Å². The normalized spacial score (nSPS) is 13.3. The fourth-order valence-electron chi connectivity index (χ4n) is 2.53. The van der Waals surface area contributed by atoms with Crippen LogP contribution in [-0.2, 0) is 9.53 Å². The molecule has 0 aromatic heterocycles. The lowest BCUT2D eigenvalue weighted by atomic mass is 10.1. The number of hydrogen-bond donors (Lipinski definition) is 0. The third-order valence-corrected chi connectivity index (χ3v) is 3.31. The van der Waals surface area contributed by atoms with E-state index in [9.17, 15) is 4.79 Å². The Hall–Kier alpha value is -2.35. The average Bonchev–Trinajstić information content (AvgIpc) is 2.75. The molecule has 0 N–H and O–H groups in total. The molecule has 0 bridgehead atoms. The highest BCUT2D eigenvalue weighted by atomic mass is 16.5. The fourth-order valence-corrected chi connectivity index (χ4v) is 2.53. The van der Waals surface area contributed by atoms with Crippen molar-refractivity contribution in [2.75, 3.05) is 0 Å². The molecule has 0 fully saturated rings. The van der Waals surface area contributed by atoms with E-state index >= 15 is 0 Å². The lowest BCUT2D eigenvalue weighted by Crippen LogP contribution is -2.08. The number of esters is 1. The highest BCUT2D eigenvalue weighted by molar-refractivity contribution is 5.84. The zero-order valence-corrected chi connectivity index (χ0v) is 10.7. The van der Waals surface area contributed by atoms with E-state index in [0.717, 1.165) is 22.3 Å². The van der Waals surface area contributed by atoms with Crippen LogP contribution in [0.2, 0.25) is 0 Å². The third kappa shape index (κ3) is 1.95. The van der Waals surface area contributed by atoms with Crippen LogP contribution >= 0.6 is 0 Å². The van der Waals surface area contributed by atoms with E-state index in [1.165, 1.54) is 6.08 Å². The van der Waals surface area contributed by atoms with Crippen LogP contribution in [0.15, 0.2) is 60.7 Å². The molecule has 0 aliphatic heterocycles. The Morgan fingerprint density at radius 2 is 1.53 bits per heavy atom. The van der Waals surface area contributed by atoms with Crippen molar-refractivity contribution in [3.63, 3.8) is 0 Å². The summed E-state index contributed by atoms with van der Waals surface area (Å²) in [4.78, 5) is 11.7. The summed E-state index contributed by atoms with van der Waals surface area (Å²) < 4.78 is 5.58. The first-order valence-corrected chi connectivity index (χ1v) is 6.33. The summed E-state index contributed by atoms with van der Waals surface area (Å²) in [6.45, 7) is 1.80. The summed E-state index contributed by atoms with van der Waals surface area (Å²) in [5, 5.41) is 0. The first kappa shape index (κ1) is 11.7. The topological polar surface area (TPSA) is 26.3 Å². The van der Waals surface area contributed by atoms with Gasteiger partial charge in [0.15, 0.2) is 6.10 Å². The van der Waals surface area contributed by atoms with Crippen LogP contribution in [0.5, 0.6) is 0 Å². The Kier molecular flexibility index (Phi) is 2.92. The Morgan fingerprint density at radius 3 is 2.05 bits per heavy atom.